The highest BCUT2D eigenvalue weighted by molar-refractivity contribution is 5.85. The molecule has 2 aliphatic heterocycles. The minimum absolute atomic E-state index is 0.0499. The van der Waals surface area contributed by atoms with Crippen LogP contribution in [-0.2, 0) is 0 Å². The van der Waals surface area contributed by atoms with Gasteiger partial charge < -0.3 is 20.1 Å². The molecule has 5 heterocycles. The molecule has 1 amide bonds. The Labute approximate surface area is 178 Å². The van der Waals surface area contributed by atoms with Crippen molar-refractivity contribution >= 4 is 17.4 Å². The van der Waals surface area contributed by atoms with Crippen molar-refractivity contribution in [2.45, 2.75) is 19.4 Å². The highest BCUT2D eigenvalue weighted by atomic mass is 16.5. The Kier molecular flexibility index (Phi) is 4.62. The standard InChI is InChI=1S/C22H22N6O3/c1-2-31-17-6-18(21-16(7-23)9-25-28(21)12-17)13-3-4-19(24-8-13)27-10-14-5-15(11-27)20(14)26-22(29)30/h3-4,6,8-9,12,14-15,20,26H,2,5,10-11H2,1H3,(H,29,30)/t14-,15+,20?. The zero-order chi connectivity index (χ0) is 21.5. The first-order valence-electron chi connectivity index (χ1n) is 10.3. The van der Waals surface area contributed by atoms with Gasteiger partial charge in [-0.3, -0.25) is 0 Å². The summed E-state index contributed by atoms with van der Waals surface area (Å²) in [6.45, 7) is 4.03. The second-order valence-electron chi connectivity index (χ2n) is 8.03. The molecule has 1 aliphatic carbocycles. The highest BCUT2D eigenvalue weighted by Gasteiger charge is 2.47. The van der Waals surface area contributed by atoms with Crippen LogP contribution in [0.3, 0.4) is 0 Å². The molecule has 3 aromatic heterocycles. The fraction of sp³-hybridized carbons (Fsp3) is 0.364. The van der Waals surface area contributed by atoms with E-state index >= 15 is 0 Å². The van der Waals surface area contributed by atoms with Gasteiger partial charge in [0.2, 0.25) is 0 Å². The Hall–Kier alpha value is -3.80. The lowest BCUT2D eigenvalue weighted by Gasteiger charge is -2.53. The van der Waals surface area contributed by atoms with Gasteiger partial charge in [0.15, 0.2) is 0 Å². The number of ether oxygens (including phenoxy) is 1. The number of carboxylic acid groups (broad SMARTS) is 1. The first-order valence-corrected chi connectivity index (χ1v) is 10.3. The SMILES string of the molecule is CCOc1cc(-c2ccc(N3C[C@H]4C[C@@H](C3)C4NC(=O)O)nc2)c2c(C#N)cnn2c1. The molecule has 3 atom stereocenters. The number of hydrogen-bond acceptors (Lipinski definition) is 6. The lowest BCUT2D eigenvalue weighted by atomic mass is 9.66. The average Bonchev–Trinajstić information content (AvgIpc) is 3.20. The maximum atomic E-state index is 11.0. The summed E-state index contributed by atoms with van der Waals surface area (Å²) in [5.41, 5.74) is 2.93. The molecule has 0 spiro atoms. The lowest BCUT2D eigenvalue weighted by Crippen LogP contribution is -2.64. The molecule has 9 heteroatoms. The Bertz CT molecular complexity index is 1170. The summed E-state index contributed by atoms with van der Waals surface area (Å²) >= 11 is 0. The molecule has 3 aromatic rings. The number of nitriles is 1. The van der Waals surface area contributed by atoms with Gasteiger partial charge in [-0.2, -0.15) is 10.4 Å². The summed E-state index contributed by atoms with van der Waals surface area (Å²) in [6, 6.07) is 8.14. The largest absolute Gasteiger partial charge is 0.492 e. The number of nitrogens with zero attached hydrogens (tertiary/aromatic N) is 5. The van der Waals surface area contributed by atoms with E-state index in [4.69, 9.17) is 9.84 Å². The number of rotatable bonds is 5. The van der Waals surface area contributed by atoms with E-state index in [1.165, 1.54) is 0 Å². The van der Waals surface area contributed by atoms with Crippen molar-refractivity contribution in [3.8, 4) is 22.9 Å². The van der Waals surface area contributed by atoms with Crippen LogP contribution in [0.4, 0.5) is 10.6 Å². The molecule has 0 radical (unpaired) electrons. The van der Waals surface area contributed by atoms with Gasteiger partial charge in [0, 0.05) is 36.5 Å². The van der Waals surface area contributed by atoms with Gasteiger partial charge in [-0.05, 0) is 43.4 Å². The molecular formula is C22H22N6O3. The van der Waals surface area contributed by atoms with E-state index in [2.05, 4.69) is 26.4 Å². The smallest absolute Gasteiger partial charge is 0.404 e. The molecule has 31 heavy (non-hydrogen) atoms. The molecule has 1 unspecified atom stereocenters. The van der Waals surface area contributed by atoms with Crippen molar-refractivity contribution in [1.82, 2.24) is 19.9 Å². The van der Waals surface area contributed by atoms with Crippen LogP contribution in [0, 0.1) is 23.2 Å². The number of aromatic nitrogens is 3. The number of carbonyl (C=O) groups is 1. The molecular weight excluding hydrogens is 396 g/mol. The van der Waals surface area contributed by atoms with Crippen molar-refractivity contribution in [2.75, 3.05) is 24.6 Å². The number of piperidine rings is 2. The van der Waals surface area contributed by atoms with Crippen molar-refractivity contribution in [3.63, 3.8) is 0 Å². The summed E-state index contributed by atoms with van der Waals surface area (Å²) in [5, 5.41) is 25.4. The topological polar surface area (TPSA) is 116 Å². The number of anilines is 1. The Morgan fingerprint density at radius 3 is 2.81 bits per heavy atom. The van der Waals surface area contributed by atoms with E-state index in [1.54, 1.807) is 16.9 Å². The van der Waals surface area contributed by atoms with E-state index in [-0.39, 0.29) is 6.04 Å². The summed E-state index contributed by atoms with van der Waals surface area (Å²) in [7, 11) is 0. The van der Waals surface area contributed by atoms with Crippen LogP contribution in [0.1, 0.15) is 18.9 Å². The maximum absolute atomic E-state index is 11.0. The first-order chi connectivity index (χ1) is 15.1. The summed E-state index contributed by atoms with van der Waals surface area (Å²) in [4.78, 5) is 17.9. The Morgan fingerprint density at radius 2 is 2.16 bits per heavy atom. The number of fused-ring (bicyclic) bond motifs is 3. The molecule has 3 aliphatic rings. The minimum Gasteiger partial charge on any atom is -0.492 e. The number of nitrogens with one attached hydrogen (secondary N) is 1. The third kappa shape index (κ3) is 3.30. The first kappa shape index (κ1) is 19.2. The third-order valence-electron chi connectivity index (χ3n) is 6.22. The molecule has 158 valence electrons. The quantitative estimate of drug-likeness (QED) is 0.654. The maximum Gasteiger partial charge on any atom is 0.404 e. The zero-order valence-corrected chi connectivity index (χ0v) is 17.0. The van der Waals surface area contributed by atoms with Crippen LogP contribution in [0.5, 0.6) is 5.75 Å². The van der Waals surface area contributed by atoms with Gasteiger partial charge in [0.25, 0.3) is 0 Å². The second kappa shape index (κ2) is 7.47. The van der Waals surface area contributed by atoms with Gasteiger partial charge in [-0.25, -0.2) is 14.3 Å². The molecule has 0 aromatic carbocycles. The van der Waals surface area contributed by atoms with E-state index in [0.717, 1.165) is 42.0 Å². The third-order valence-corrected chi connectivity index (χ3v) is 6.22. The van der Waals surface area contributed by atoms with Crippen LogP contribution < -0.4 is 15.0 Å². The monoisotopic (exact) mass is 418 g/mol. The molecule has 2 saturated heterocycles. The van der Waals surface area contributed by atoms with Gasteiger partial charge in [0.1, 0.15) is 17.6 Å². The highest BCUT2D eigenvalue weighted by Crippen LogP contribution is 2.41. The number of amides is 1. The lowest BCUT2D eigenvalue weighted by molar-refractivity contribution is 0.0808. The number of hydrogen-bond donors (Lipinski definition) is 2. The summed E-state index contributed by atoms with van der Waals surface area (Å²) in [6.07, 6.45) is 5.24. The zero-order valence-electron chi connectivity index (χ0n) is 17.0. The van der Waals surface area contributed by atoms with Crippen LogP contribution in [0.15, 0.2) is 36.8 Å². The van der Waals surface area contributed by atoms with Crippen LogP contribution in [0.25, 0.3) is 16.6 Å². The van der Waals surface area contributed by atoms with E-state index < -0.39 is 6.09 Å². The minimum atomic E-state index is -0.951. The van der Waals surface area contributed by atoms with E-state index in [0.29, 0.717) is 29.8 Å². The van der Waals surface area contributed by atoms with Crippen LogP contribution >= 0.6 is 0 Å². The normalized spacial score (nSPS) is 21.9. The van der Waals surface area contributed by atoms with Gasteiger partial charge in [-0.1, -0.05) is 0 Å². The van der Waals surface area contributed by atoms with E-state index in [1.807, 2.05) is 31.3 Å². The molecule has 3 fully saturated rings. The van der Waals surface area contributed by atoms with Crippen molar-refractivity contribution in [2.24, 2.45) is 11.8 Å². The van der Waals surface area contributed by atoms with Gasteiger partial charge in [-0.15, -0.1) is 0 Å². The second-order valence-corrected chi connectivity index (χ2v) is 8.03. The van der Waals surface area contributed by atoms with Crippen molar-refractivity contribution < 1.29 is 14.6 Å². The Balaban J connectivity index is 1.42. The van der Waals surface area contributed by atoms with E-state index in [9.17, 15) is 10.1 Å². The fourth-order valence-corrected chi connectivity index (χ4v) is 4.83. The van der Waals surface area contributed by atoms with Crippen molar-refractivity contribution in [1.29, 1.82) is 5.26 Å². The molecule has 1 saturated carbocycles. The molecule has 2 bridgehead atoms. The summed E-state index contributed by atoms with van der Waals surface area (Å²) < 4.78 is 7.34. The van der Waals surface area contributed by atoms with Gasteiger partial charge in [0.05, 0.1) is 30.1 Å². The molecule has 2 N–H and O–H groups in total. The number of pyridine rings is 2. The molecule has 6 rings (SSSR count). The fourth-order valence-electron chi connectivity index (χ4n) is 4.83. The van der Waals surface area contributed by atoms with Crippen LogP contribution in [0.2, 0.25) is 0 Å². The van der Waals surface area contributed by atoms with Gasteiger partial charge >= 0.3 is 6.09 Å². The van der Waals surface area contributed by atoms with Crippen LogP contribution in [-0.4, -0.2) is 51.5 Å². The summed E-state index contributed by atoms with van der Waals surface area (Å²) in [5.74, 6) is 2.19. The predicted octanol–water partition coefficient (Wildman–Crippen LogP) is 2.76. The average molecular weight is 418 g/mol. The Morgan fingerprint density at radius 1 is 1.35 bits per heavy atom. The predicted molar refractivity (Wildman–Crippen MR) is 113 cm³/mol. The molecule has 9 nitrogen and oxygen atoms in total. The van der Waals surface area contributed by atoms with Crippen molar-refractivity contribution in [3.05, 3.63) is 42.4 Å².